The number of aryl methyl sites for hydroxylation is 2. The average molecular weight is 512 g/mol. The molecule has 0 radical (unpaired) electrons. The Bertz CT molecular complexity index is 1180. The molecule has 4 rings (SSSR count). The van der Waals surface area contributed by atoms with E-state index in [4.69, 9.17) is 23.2 Å². The van der Waals surface area contributed by atoms with Crippen LogP contribution in [0.4, 0.5) is 13.2 Å². The molecule has 34 heavy (non-hydrogen) atoms. The van der Waals surface area contributed by atoms with E-state index in [2.05, 4.69) is 16.8 Å². The lowest BCUT2D eigenvalue weighted by atomic mass is 9.92. The van der Waals surface area contributed by atoms with Crippen LogP contribution < -0.4 is 0 Å². The molecule has 0 N–H and O–H groups in total. The Morgan fingerprint density at radius 1 is 1.12 bits per heavy atom. The van der Waals surface area contributed by atoms with Crippen molar-refractivity contribution in [3.05, 3.63) is 62.4 Å². The van der Waals surface area contributed by atoms with Crippen molar-refractivity contribution in [1.29, 1.82) is 0 Å². The quantitative estimate of drug-likeness (QED) is 0.336. The van der Waals surface area contributed by atoms with Crippen LogP contribution >= 0.6 is 23.2 Å². The van der Waals surface area contributed by atoms with Crippen LogP contribution in [0.15, 0.2) is 24.3 Å². The molecule has 0 amide bonds. The van der Waals surface area contributed by atoms with Crippen molar-refractivity contribution >= 4 is 34.2 Å². The minimum absolute atomic E-state index is 0.343. The number of alkyl halides is 3. The summed E-state index contributed by atoms with van der Waals surface area (Å²) in [6.45, 7) is 6.77. The molecule has 1 fully saturated rings. The number of fused-ring (bicyclic) bond motifs is 1. The number of likely N-dealkylation sites (tertiary alicyclic amines) is 1. The standard InChI is InChI=1S/C26H30Cl2F3N3/c1-4-5-17-8-10-34(11-9-17)15-18-6-7-21(27)20(24(18)28)14-23-32-25-16(2)12-19(26(29,30)31)13-22(25)33(23)3/h6-7,12-13,17H,4-5,8-11,14-15H2,1-3H3. The first kappa shape index (κ1) is 25.3. The van der Waals surface area contributed by atoms with Crippen LogP contribution in [0, 0.1) is 12.8 Å². The second-order valence-corrected chi connectivity index (χ2v) is 10.2. The summed E-state index contributed by atoms with van der Waals surface area (Å²) in [7, 11) is 1.73. The topological polar surface area (TPSA) is 21.1 Å². The second kappa shape index (κ2) is 10.1. The summed E-state index contributed by atoms with van der Waals surface area (Å²) in [5.74, 6) is 1.44. The van der Waals surface area contributed by atoms with E-state index in [1.165, 1.54) is 25.7 Å². The number of benzene rings is 2. The Balaban J connectivity index is 1.60. The van der Waals surface area contributed by atoms with Gasteiger partial charge in [0.05, 0.1) is 21.6 Å². The smallest absolute Gasteiger partial charge is 0.331 e. The van der Waals surface area contributed by atoms with Gasteiger partial charge in [-0.25, -0.2) is 4.98 Å². The zero-order chi connectivity index (χ0) is 24.6. The lowest BCUT2D eigenvalue weighted by Crippen LogP contribution is -2.33. The van der Waals surface area contributed by atoms with Gasteiger partial charge in [0.1, 0.15) is 5.82 Å². The van der Waals surface area contributed by atoms with Crippen molar-refractivity contribution in [2.45, 2.75) is 58.7 Å². The number of rotatable bonds is 6. The van der Waals surface area contributed by atoms with Gasteiger partial charge in [-0.15, -0.1) is 0 Å². The van der Waals surface area contributed by atoms with Crippen LogP contribution in [0.3, 0.4) is 0 Å². The highest BCUT2D eigenvalue weighted by Crippen LogP contribution is 2.35. The molecular weight excluding hydrogens is 482 g/mol. The molecule has 0 spiro atoms. The number of hydrogen-bond donors (Lipinski definition) is 0. The van der Waals surface area contributed by atoms with E-state index < -0.39 is 11.7 Å². The lowest BCUT2D eigenvalue weighted by molar-refractivity contribution is -0.137. The van der Waals surface area contributed by atoms with E-state index in [1.807, 2.05) is 12.1 Å². The van der Waals surface area contributed by atoms with Gasteiger partial charge in [0.25, 0.3) is 0 Å². The zero-order valence-electron chi connectivity index (χ0n) is 19.8. The van der Waals surface area contributed by atoms with E-state index in [1.54, 1.807) is 18.5 Å². The van der Waals surface area contributed by atoms with Gasteiger partial charge < -0.3 is 4.57 Å². The minimum Gasteiger partial charge on any atom is -0.331 e. The molecular formula is C26H30Cl2F3N3. The molecule has 184 valence electrons. The highest BCUT2D eigenvalue weighted by Gasteiger charge is 2.32. The first-order chi connectivity index (χ1) is 16.1. The minimum atomic E-state index is -4.41. The van der Waals surface area contributed by atoms with Crippen molar-refractivity contribution in [1.82, 2.24) is 14.5 Å². The maximum Gasteiger partial charge on any atom is 0.416 e. The first-order valence-electron chi connectivity index (χ1n) is 11.8. The molecule has 0 bridgehead atoms. The second-order valence-electron chi connectivity index (χ2n) is 9.43. The monoisotopic (exact) mass is 511 g/mol. The number of hydrogen-bond acceptors (Lipinski definition) is 2. The Morgan fingerprint density at radius 2 is 1.82 bits per heavy atom. The summed E-state index contributed by atoms with van der Waals surface area (Å²) in [6, 6.07) is 6.13. The third kappa shape index (κ3) is 5.24. The highest BCUT2D eigenvalue weighted by molar-refractivity contribution is 6.36. The largest absolute Gasteiger partial charge is 0.416 e. The van der Waals surface area contributed by atoms with Crippen LogP contribution in [0.25, 0.3) is 11.0 Å². The molecule has 0 atom stereocenters. The Hall–Kier alpha value is -1.76. The summed E-state index contributed by atoms with van der Waals surface area (Å²) in [4.78, 5) is 7.08. The predicted octanol–water partition coefficient (Wildman–Crippen LogP) is 7.81. The van der Waals surface area contributed by atoms with E-state index in [9.17, 15) is 13.2 Å². The van der Waals surface area contributed by atoms with Gasteiger partial charge in [0.15, 0.2) is 0 Å². The predicted molar refractivity (Wildman–Crippen MR) is 133 cm³/mol. The van der Waals surface area contributed by atoms with Gasteiger partial charge in [-0.2, -0.15) is 13.2 Å². The zero-order valence-corrected chi connectivity index (χ0v) is 21.3. The number of piperidine rings is 1. The fourth-order valence-electron chi connectivity index (χ4n) is 5.00. The maximum atomic E-state index is 13.3. The van der Waals surface area contributed by atoms with Crippen LogP contribution in [0.2, 0.25) is 10.0 Å². The van der Waals surface area contributed by atoms with Crippen molar-refractivity contribution in [2.75, 3.05) is 13.1 Å². The third-order valence-corrected chi connectivity index (χ3v) is 7.82. The van der Waals surface area contributed by atoms with E-state index in [-0.39, 0.29) is 0 Å². The van der Waals surface area contributed by atoms with Crippen molar-refractivity contribution in [3.63, 3.8) is 0 Å². The van der Waals surface area contributed by atoms with Gasteiger partial charge in [0.2, 0.25) is 0 Å². The SMILES string of the molecule is CCCC1CCN(Cc2ccc(Cl)c(Cc3nc4c(C)cc(C(F)(F)F)cc4n3C)c2Cl)CC1. The molecule has 3 aromatic rings. The fraction of sp³-hybridized carbons (Fsp3) is 0.500. The molecule has 0 saturated carbocycles. The van der Waals surface area contributed by atoms with Crippen LogP contribution in [-0.4, -0.2) is 27.5 Å². The number of halogens is 5. The molecule has 8 heteroatoms. The first-order valence-corrected chi connectivity index (χ1v) is 12.5. The molecule has 2 aromatic carbocycles. The Labute approximate surface area is 208 Å². The molecule has 3 nitrogen and oxygen atoms in total. The van der Waals surface area contributed by atoms with Gasteiger partial charge in [0, 0.05) is 25.0 Å². The lowest BCUT2D eigenvalue weighted by Gasteiger charge is -2.32. The van der Waals surface area contributed by atoms with Crippen LogP contribution in [0.5, 0.6) is 0 Å². The maximum absolute atomic E-state index is 13.3. The third-order valence-electron chi connectivity index (χ3n) is 7.00. The van der Waals surface area contributed by atoms with Gasteiger partial charge in [-0.1, -0.05) is 49.0 Å². The van der Waals surface area contributed by atoms with Gasteiger partial charge in [-0.3, -0.25) is 4.90 Å². The molecule has 1 aliphatic heterocycles. The molecule has 0 aliphatic carbocycles. The Kier molecular flexibility index (Phi) is 7.51. The molecule has 1 saturated heterocycles. The number of nitrogens with zero attached hydrogens (tertiary/aromatic N) is 3. The summed E-state index contributed by atoms with van der Waals surface area (Å²) in [6.07, 6.45) is 0.888. The summed E-state index contributed by atoms with van der Waals surface area (Å²) < 4.78 is 41.6. The van der Waals surface area contributed by atoms with E-state index in [0.717, 1.165) is 48.8 Å². The average Bonchev–Trinajstić information content (AvgIpc) is 3.10. The fourth-order valence-corrected chi connectivity index (χ4v) is 5.56. The van der Waals surface area contributed by atoms with E-state index >= 15 is 0 Å². The summed E-state index contributed by atoms with van der Waals surface area (Å²) >= 11 is 13.4. The van der Waals surface area contributed by atoms with Crippen molar-refractivity contribution < 1.29 is 13.2 Å². The highest BCUT2D eigenvalue weighted by atomic mass is 35.5. The normalized spacial score (nSPS) is 16.0. The molecule has 1 aliphatic rings. The molecule has 2 heterocycles. The Morgan fingerprint density at radius 3 is 2.47 bits per heavy atom. The van der Waals surface area contributed by atoms with Crippen molar-refractivity contribution in [3.8, 4) is 0 Å². The van der Waals surface area contributed by atoms with Crippen molar-refractivity contribution in [2.24, 2.45) is 13.0 Å². The number of imidazole rings is 1. The van der Waals surface area contributed by atoms with Crippen LogP contribution in [0.1, 0.15) is 60.7 Å². The summed E-state index contributed by atoms with van der Waals surface area (Å²) in [5.41, 5.74) is 2.60. The van der Waals surface area contributed by atoms with E-state index in [0.29, 0.717) is 38.9 Å². The molecule has 0 unspecified atom stereocenters. The molecule has 1 aromatic heterocycles. The van der Waals surface area contributed by atoms with Gasteiger partial charge >= 0.3 is 6.18 Å². The van der Waals surface area contributed by atoms with Gasteiger partial charge in [-0.05, 0) is 73.7 Å². The van der Waals surface area contributed by atoms with Crippen LogP contribution in [-0.2, 0) is 26.2 Å². The number of aromatic nitrogens is 2. The summed E-state index contributed by atoms with van der Waals surface area (Å²) in [5, 5.41) is 1.15.